The Labute approximate surface area is 134 Å². The molecule has 4 rings (SSSR count). The average molecular weight is 317 g/mol. The minimum atomic E-state index is 0.211. The molecule has 4 nitrogen and oxygen atoms in total. The van der Waals surface area contributed by atoms with Crippen molar-refractivity contribution >= 4 is 21.6 Å². The number of hydrogen-bond donors (Lipinski definition) is 0. The first-order chi connectivity index (χ1) is 10.8. The standard InChI is InChI=1S/C17H23N3OS/c1-2-8-19-10-7-13-12(11-19)15-16(22-13)17(21)20-9-5-3-4-6-14(20)18-15/h2-11H2,1H3. The Morgan fingerprint density at radius 1 is 1.18 bits per heavy atom. The fourth-order valence-corrected chi connectivity index (χ4v) is 4.97. The van der Waals surface area contributed by atoms with Gasteiger partial charge in [-0.25, -0.2) is 4.98 Å². The Hall–Kier alpha value is -1.20. The average Bonchev–Trinajstić information content (AvgIpc) is 2.72. The number of thiophene rings is 1. The fraction of sp³-hybridized carbons (Fsp3) is 0.647. The predicted octanol–water partition coefficient (Wildman–Crippen LogP) is 2.95. The molecule has 0 amide bonds. The molecular formula is C17H23N3OS. The zero-order valence-corrected chi connectivity index (χ0v) is 14.0. The maximum absolute atomic E-state index is 12.9. The highest BCUT2D eigenvalue weighted by atomic mass is 32.1. The number of aryl methyl sites for hydroxylation is 1. The van der Waals surface area contributed by atoms with Crippen molar-refractivity contribution < 1.29 is 0 Å². The molecule has 2 aliphatic rings. The van der Waals surface area contributed by atoms with Crippen molar-refractivity contribution in [3.63, 3.8) is 0 Å². The lowest BCUT2D eigenvalue weighted by Gasteiger charge is -2.26. The summed E-state index contributed by atoms with van der Waals surface area (Å²) < 4.78 is 2.84. The van der Waals surface area contributed by atoms with Crippen LogP contribution in [0.1, 0.15) is 48.9 Å². The van der Waals surface area contributed by atoms with Crippen molar-refractivity contribution in [2.45, 2.75) is 58.5 Å². The van der Waals surface area contributed by atoms with Crippen molar-refractivity contribution in [3.8, 4) is 0 Å². The third-order valence-corrected chi connectivity index (χ3v) is 6.18. The van der Waals surface area contributed by atoms with Crippen molar-refractivity contribution in [1.82, 2.24) is 14.5 Å². The van der Waals surface area contributed by atoms with Gasteiger partial charge in [0.1, 0.15) is 10.5 Å². The highest BCUT2D eigenvalue weighted by Crippen LogP contribution is 2.33. The number of fused-ring (bicyclic) bond motifs is 4. The topological polar surface area (TPSA) is 38.1 Å². The second kappa shape index (κ2) is 5.78. The molecule has 0 N–H and O–H groups in total. The first-order valence-corrected chi connectivity index (χ1v) is 9.36. The van der Waals surface area contributed by atoms with Crippen LogP contribution < -0.4 is 5.56 Å². The van der Waals surface area contributed by atoms with Gasteiger partial charge >= 0.3 is 0 Å². The lowest BCUT2D eigenvalue weighted by atomic mass is 10.1. The molecule has 4 heterocycles. The molecule has 0 radical (unpaired) electrons. The zero-order valence-electron chi connectivity index (χ0n) is 13.2. The minimum Gasteiger partial charge on any atom is -0.299 e. The molecule has 0 unspecified atom stereocenters. The first-order valence-electron chi connectivity index (χ1n) is 8.54. The van der Waals surface area contributed by atoms with Crippen molar-refractivity contribution in [2.75, 3.05) is 13.1 Å². The van der Waals surface area contributed by atoms with Crippen LogP contribution in [0.2, 0.25) is 0 Å². The van der Waals surface area contributed by atoms with Gasteiger partial charge in [-0.2, -0.15) is 0 Å². The van der Waals surface area contributed by atoms with Crippen LogP contribution in [0.3, 0.4) is 0 Å². The minimum absolute atomic E-state index is 0.211. The molecule has 0 aliphatic carbocycles. The van der Waals surface area contributed by atoms with Crippen LogP contribution in [0.25, 0.3) is 10.2 Å². The summed E-state index contributed by atoms with van der Waals surface area (Å²) in [5.41, 5.74) is 2.56. The fourth-order valence-electron chi connectivity index (χ4n) is 3.78. The Balaban J connectivity index is 1.85. The molecule has 0 saturated heterocycles. The van der Waals surface area contributed by atoms with Crippen molar-refractivity contribution in [3.05, 3.63) is 26.6 Å². The molecule has 2 aromatic rings. The summed E-state index contributed by atoms with van der Waals surface area (Å²) in [7, 11) is 0. The zero-order chi connectivity index (χ0) is 15.1. The van der Waals surface area contributed by atoms with E-state index in [2.05, 4.69) is 11.8 Å². The predicted molar refractivity (Wildman–Crippen MR) is 90.7 cm³/mol. The SMILES string of the molecule is CCCN1CCc2sc3c(=O)n4c(nc3c2C1)CCCCC4. The van der Waals surface area contributed by atoms with E-state index in [1.54, 1.807) is 11.3 Å². The highest BCUT2D eigenvalue weighted by molar-refractivity contribution is 7.19. The van der Waals surface area contributed by atoms with Gasteiger partial charge in [0.05, 0.1) is 5.52 Å². The van der Waals surface area contributed by atoms with Crippen LogP contribution in [0.5, 0.6) is 0 Å². The van der Waals surface area contributed by atoms with E-state index in [0.717, 1.165) is 67.9 Å². The summed E-state index contributed by atoms with van der Waals surface area (Å²) in [6.45, 7) is 6.31. The van der Waals surface area contributed by atoms with Crippen molar-refractivity contribution in [2.24, 2.45) is 0 Å². The Morgan fingerprint density at radius 2 is 2.09 bits per heavy atom. The van der Waals surface area contributed by atoms with Gasteiger partial charge in [-0.15, -0.1) is 11.3 Å². The number of hydrogen-bond acceptors (Lipinski definition) is 4. The van der Waals surface area contributed by atoms with E-state index in [4.69, 9.17) is 4.98 Å². The normalized spacial score (nSPS) is 19.0. The van der Waals surface area contributed by atoms with E-state index >= 15 is 0 Å². The van der Waals surface area contributed by atoms with Crippen LogP contribution in [0.4, 0.5) is 0 Å². The maximum atomic E-state index is 12.9. The second-order valence-corrected chi connectivity index (χ2v) is 7.61. The van der Waals surface area contributed by atoms with E-state index in [-0.39, 0.29) is 5.56 Å². The second-order valence-electron chi connectivity index (χ2n) is 6.50. The number of aromatic nitrogens is 2. The lowest BCUT2D eigenvalue weighted by Crippen LogP contribution is -2.30. The van der Waals surface area contributed by atoms with Gasteiger partial charge in [0.15, 0.2) is 0 Å². The van der Waals surface area contributed by atoms with Crippen LogP contribution in [-0.4, -0.2) is 27.5 Å². The first kappa shape index (κ1) is 14.4. The van der Waals surface area contributed by atoms with Gasteiger partial charge in [-0.3, -0.25) is 14.3 Å². The van der Waals surface area contributed by atoms with Crippen molar-refractivity contribution in [1.29, 1.82) is 0 Å². The molecule has 0 saturated carbocycles. The van der Waals surface area contributed by atoms with Gasteiger partial charge in [-0.05, 0) is 32.2 Å². The van der Waals surface area contributed by atoms with Crippen LogP contribution in [0.15, 0.2) is 4.79 Å². The van der Waals surface area contributed by atoms with Gasteiger partial charge < -0.3 is 0 Å². The van der Waals surface area contributed by atoms with Gasteiger partial charge in [-0.1, -0.05) is 13.3 Å². The number of nitrogens with zero attached hydrogens (tertiary/aromatic N) is 3. The van der Waals surface area contributed by atoms with Gasteiger partial charge in [0.2, 0.25) is 0 Å². The molecule has 0 spiro atoms. The number of rotatable bonds is 2. The van der Waals surface area contributed by atoms with Gasteiger partial charge in [0, 0.05) is 36.5 Å². The summed E-state index contributed by atoms with van der Waals surface area (Å²) in [5, 5.41) is 0. The Bertz CT molecular complexity index is 761. The van der Waals surface area contributed by atoms with Crippen LogP contribution in [-0.2, 0) is 25.9 Å². The summed E-state index contributed by atoms with van der Waals surface area (Å²) in [6, 6.07) is 0. The van der Waals surface area contributed by atoms with Crippen LogP contribution in [0, 0.1) is 0 Å². The quantitative estimate of drug-likeness (QED) is 0.855. The molecule has 2 aliphatic heterocycles. The summed E-state index contributed by atoms with van der Waals surface area (Å²) in [6.07, 6.45) is 6.68. The molecule has 0 bridgehead atoms. The Kier molecular flexibility index (Phi) is 3.78. The summed E-state index contributed by atoms with van der Waals surface area (Å²) in [4.78, 5) is 21.7. The molecular weight excluding hydrogens is 294 g/mol. The maximum Gasteiger partial charge on any atom is 0.271 e. The van der Waals surface area contributed by atoms with E-state index in [1.807, 2.05) is 4.57 Å². The van der Waals surface area contributed by atoms with E-state index in [0.29, 0.717) is 0 Å². The molecule has 22 heavy (non-hydrogen) atoms. The molecule has 0 aromatic carbocycles. The summed E-state index contributed by atoms with van der Waals surface area (Å²) >= 11 is 1.70. The third kappa shape index (κ3) is 2.31. The molecule has 0 atom stereocenters. The molecule has 2 aromatic heterocycles. The lowest BCUT2D eigenvalue weighted by molar-refractivity contribution is 0.257. The summed E-state index contributed by atoms with van der Waals surface area (Å²) in [5.74, 6) is 1.02. The van der Waals surface area contributed by atoms with E-state index in [1.165, 1.54) is 23.3 Å². The monoisotopic (exact) mass is 317 g/mol. The highest BCUT2D eigenvalue weighted by Gasteiger charge is 2.24. The third-order valence-electron chi connectivity index (χ3n) is 4.91. The van der Waals surface area contributed by atoms with Gasteiger partial charge in [0.25, 0.3) is 5.56 Å². The smallest absolute Gasteiger partial charge is 0.271 e. The molecule has 5 heteroatoms. The largest absolute Gasteiger partial charge is 0.299 e. The van der Waals surface area contributed by atoms with E-state index < -0.39 is 0 Å². The Morgan fingerprint density at radius 3 is 2.95 bits per heavy atom. The van der Waals surface area contributed by atoms with E-state index in [9.17, 15) is 4.79 Å². The molecule has 118 valence electrons. The molecule has 0 fully saturated rings. The van der Waals surface area contributed by atoms with Crippen LogP contribution >= 0.6 is 11.3 Å².